The molecule has 0 atom stereocenters. The first kappa shape index (κ1) is 23.7. The van der Waals surface area contributed by atoms with Gasteiger partial charge in [-0.3, -0.25) is 9.78 Å². The van der Waals surface area contributed by atoms with E-state index >= 15 is 0 Å². The molecule has 5 aromatic rings. The van der Waals surface area contributed by atoms with Gasteiger partial charge < -0.3 is 9.64 Å². The van der Waals surface area contributed by atoms with E-state index in [0.29, 0.717) is 23.6 Å². The highest BCUT2D eigenvalue weighted by Crippen LogP contribution is 2.32. The summed E-state index contributed by atoms with van der Waals surface area (Å²) in [5, 5.41) is 14.0. The smallest absolute Gasteiger partial charge is 0.272 e. The van der Waals surface area contributed by atoms with Crippen molar-refractivity contribution in [3.05, 3.63) is 103 Å². The number of carbonyl (C=O) groups excluding carboxylic acids is 1. The van der Waals surface area contributed by atoms with E-state index in [0.717, 1.165) is 22.4 Å². The van der Waals surface area contributed by atoms with Crippen LogP contribution in [0.5, 0.6) is 5.75 Å². The number of nitriles is 1. The van der Waals surface area contributed by atoms with Crippen molar-refractivity contribution in [1.82, 2.24) is 24.5 Å². The van der Waals surface area contributed by atoms with Crippen LogP contribution in [0.2, 0.25) is 0 Å². The largest absolute Gasteiger partial charge is 0.496 e. The number of nitrogens with zero attached hydrogens (tertiary/aromatic N) is 6. The van der Waals surface area contributed by atoms with E-state index in [2.05, 4.69) is 11.1 Å². The average Bonchev–Trinajstić information content (AvgIpc) is 3.40. The van der Waals surface area contributed by atoms with E-state index in [-0.39, 0.29) is 24.6 Å². The number of methoxy groups -OCH3 is 1. The summed E-state index contributed by atoms with van der Waals surface area (Å²) in [6, 6.07) is 26.9. The Hall–Kier alpha value is -5.03. The van der Waals surface area contributed by atoms with Crippen molar-refractivity contribution in [2.75, 3.05) is 13.7 Å². The van der Waals surface area contributed by atoms with Gasteiger partial charge >= 0.3 is 0 Å². The molecule has 0 spiro atoms. The van der Waals surface area contributed by atoms with Crippen LogP contribution < -0.4 is 4.74 Å². The molecule has 37 heavy (non-hydrogen) atoms. The van der Waals surface area contributed by atoms with Crippen LogP contribution in [0.15, 0.2) is 91.3 Å². The zero-order valence-corrected chi connectivity index (χ0v) is 20.3. The Morgan fingerprint density at radius 1 is 1.05 bits per heavy atom. The molecule has 3 heterocycles. The average molecular weight is 489 g/mol. The van der Waals surface area contributed by atoms with Crippen molar-refractivity contribution in [1.29, 1.82) is 5.26 Å². The van der Waals surface area contributed by atoms with E-state index in [4.69, 9.17) is 14.8 Å². The molecule has 182 valence electrons. The van der Waals surface area contributed by atoms with Crippen molar-refractivity contribution in [2.45, 2.75) is 13.0 Å². The van der Waals surface area contributed by atoms with E-state index in [1.54, 1.807) is 35.0 Å². The fraction of sp³-hybridized carbons (Fsp3) is 0.138. The third-order valence-electron chi connectivity index (χ3n) is 5.98. The fourth-order valence-corrected chi connectivity index (χ4v) is 4.19. The van der Waals surface area contributed by atoms with Crippen LogP contribution in [-0.2, 0) is 6.54 Å². The topological polar surface area (TPSA) is 96.4 Å². The number of hydrogen-bond donors (Lipinski definition) is 0. The minimum atomic E-state index is -0.278. The van der Waals surface area contributed by atoms with Crippen molar-refractivity contribution in [3.63, 3.8) is 0 Å². The van der Waals surface area contributed by atoms with E-state index in [1.165, 1.54) is 0 Å². The number of pyridine rings is 1. The Labute approximate surface area is 214 Å². The van der Waals surface area contributed by atoms with Crippen molar-refractivity contribution < 1.29 is 9.53 Å². The molecule has 2 aromatic carbocycles. The lowest BCUT2D eigenvalue weighted by molar-refractivity contribution is 0.0741. The predicted molar refractivity (Wildman–Crippen MR) is 140 cm³/mol. The minimum Gasteiger partial charge on any atom is -0.496 e. The molecule has 0 aliphatic heterocycles. The molecule has 5 rings (SSSR count). The third kappa shape index (κ3) is 5.02. The number of amides is 1. The first-order valence-electron chi connectivity index (χ1n) is 11.8. The molecule has 0 N–H and O–H groups in total. The molecule has 8 nitrogen and oxygen atoms in total. The number of para-hydroxylation sites is 1. The summed E-state index contributed by atoms with van der Waals surface area (Å²) in [5.74, 6) is 0.377. The first-order chi connectivity index (χ1) is 18.2. The summed E-state index contributed by atoms with van der Waals surface area (Å²) in [4.78, 5) is 24.3. The highest BCUT2D eigenvalue weighted by molar-refractivity contribution is 5.94. The van der Waals surface area contributed by atoms with E-state index < -0.39 is 0 Å². The Balaban J connectivity index is 1.64. The quantitative estimate of drug-likeness (QED) is 0.304. The van der Waals surface area contributed by atoms with Gasteiger partial charge in [-0.2, -0.15) is 10.4 Å². The molecule has 1 amide bonds. The number of aromatic nitrogens is 4. The maximum atomic E-state index is 13.8. The lowest BCUT2D eigenvalue weighted by Gasteiger charge is -2.22. The van der Waals surface area contributed by atoms with Crippen LogP contribution in [0.1, 0.15) is 22.5 Å². The standard InChI is InChI=1S/C29H24N6O2/c1-37-27-13-6-5-12-23(27)26-17-25(29(36)34(16-8-14-30)20-21-9-7-15-31-19-21)32-28-18-24(33-35(26)28)22-10-3-2-4-11-22/h2-7,9-13,15,17-19H,8,16,20H2,1H3. The predicted octanol–water partition coefficient (Wildman–Crippen LogP) is 5.02. The maximum absolute atomic E-state index is 13.8. The molecule has 8 heteroatoms. The van der Waals surface area contributed by atoms with Crippen molar-refractivity contribution >= 4 is 11.6 Å². The number of ether oxygens (including phenoxy) is 1. The van der Waals surface area contributed by atoms with Crippen LogP contribution in [0.4, 0.5) is 0 Å². The monoisotopic (exact) mass is 488 g/mol. The van der Waals surface area contributed by atoms with Crippen molar-refractivity contribution in [2.24, 2.45) is 0 Å². The summed E-state index contributed by atoms with van der Waals surface area (Å²) in [7, 11) is 1.61. The Kier molecular flexibility index (Phi) is 6.86. The molecule has 0 aliphatic carbocycles. The Morgan fingerprint density at radius 3 is 2.62 bits per heavy atom. The van der Waals surface area contributed by atoms with E-state index in [9.17, 15) is 10.1 Å². The maximum Gasteiger partial charge on any atom is 0.272 e. The molecule has 0 aliphatic rings. The summed E-state index contributed by atoms with van der Waals surface area (Å²) < 4.78 is 7.35. The van der Waals surface area contributed by atoms with Gasteiger partial charge in [0.05, 0.1) is 31.0 Å². The molecule has 0 fully saturated rings. The molecular weight excluding hydrogens is 464 g/mol. The van der Waals surface area contributed by atoms with Gasteiger partial charge in [0.1, 0.15) is 11.4 Å². The minimum absolute atomic E-state index is 0.207. The van der Waals surface area contributed by atoms with Crippen LogP contribution in [-0.4, -0.2) is 44.0 Å². The molecule has 3 aromatic heterocycles. The molecule has 0 saturated heterocycles. The SMILES string of the molecule is COc1ccccc1-c1cc(C(=O)N(CCC#N)Cc2cccnc2)nc2cc(-c3ccccc3)nn12. The molecule has 0 radical (unpaired) electrons. The van der Waals surface area contributed by atoms with Gasteiger partial charge in [-0.25, -0.2) is 9.50 Å². The van der Waals surface area contributed by atoms with Gasteiger partial charge in [-0.1, -0.05) is 48.5 Å². The second-order valence-electron chi connectivity index (χ2n) is 8.39. The molecular formula is C29H24N6O2. The highest BCUT2D eigenvalue weighted by Gasteiger charge is 2.22. The van der Waals surface area contributed by atoms with Gasteiger partial charge in [0.2, 0.25) is 0 Å². The third-order valence-corrected chi connectivity index (χ3v) is 5.98. The van der Waals surface area contributed by atoms with Gasteiger partial charge in [0, 0.05) is 42.7 Å². The van der Waals surface area contributed by atoms with Gasteiger partial charge in [0.15, 0.2) is 5.65 Å². The molecule has 0 saturated carbocycles. The van der Waals surface area contributed by atoms with Crippen molar-refractivity contribution in [3.8, 4) is 34.3 Å². The second kappa shape index (κ2) is 10.7. The van der Waals surface area contributed by atoms with Gasteiger partial charge in [0.25, 0.3) is 5.91 Å². The molecule has 0 bridgehead atoms. The van der Waals surface area contributed by atoms with Crippen LogP contribution in [0, 0.1) is 11.3 Å². The lowest BCUT2D eigenvalue weighted by atomic mass is 10.1. The van der Waals surface area contributed by atoms with Crippen LogP contribution in [0.25, 0.3) is 28.2 Å². The van der Waals surface area contributed by atoms with Gasteiger partial charge in [-0.05, 0) is 29.8 Å². The summed E-state index contributed by atoms with van der Waals surface area (Å²) in [6.45, 7) is 0.593. The fourth-order valence-electron chi connectivity index (χ4n) is 4.19. The number of benzene rings is 2. The van der Waals surface area contributed by atoms with Crippen LogP contribution in [0.3, 0.4) is 0 Å². The summed E-state index contributed by atoms with van der Waals surface area (Å²) >= 11 is 0. The number of rotatable bonds is 8. The first-order valence-corrected chi connectivity index (χ1v) is 11.8. The number of carbonyl (C=O) groups is 1. The zero-order chi connectivity index (χ0) is 25.6. The van der Waals surface area contributed by atoms with E-state index in [1.807, 2.05) is 72.8 Å². The lowest BCUT2D eigenvalue weighted by Crippen LogP contribution is -2.32. The Morgan fingerprint density at radius 2 is 1.86 bits per heavy atom. The zero-order valence-electron chi connectivity index (χ0n) is 20.3. The molecule has 0 unspecified atom stereocenters. The second-order valence-corrected chi connectivity index (χ2v) is 8.39. The summed E-state index contributed by atoms with van der Waals surface area (Å²) in [5.41, 5.74) is 4.81. The Bertz CT molecular complexity index is 1580. The van der Waals surface area contributed by atoms with Crippen LogP contribution >= 0.6 is 0 Å². The number of hydrogen-bond acceptors (Lipinski definition) is 6. The number of fused-ring (bicyclic) bond motifs is 1. The van der Waals surface area contributed by atoms with Gasteiger partial charge in [-0.15, -0.1) is 0 Å². The highest BCUT2D eigenvalue weighted by atomic mass is 16.5. The normalized spacial score (nSPS) is 10.7. The summed E-state index contributed by atoms with van der Waals surface area (Å²) in [6.07, 6.45) is 3.61.